The van der Waals surface area contributed by atoms with Gasteiger partial charge >= 0.3 is 0 Å². The number of H-pyrrole nitrogens is 1. The molecule has 1 atom stereocenters. The normalized spacial score (nSPS) is 19.9. The number of nitrogens with two attached hydrogens (primary N) is 1. The first kappa shape index (κ1) is 11.5. The van der Waals surface area contributed by atoms with E-state index in [1.807, 2.05) is 6.92 Å². The van der Waals surface area contributed by atoms with Crippen LogP contribution in [0.1, 0.15) is 50.8 Å². The van der Waals surface area contributed by atoms with Gasteiger partial charge in [0, 0.05) is 24.2 Å². The van der Waals surface area contributed by atoms with E-state index < -0.39 is 0 Å². The highest BCUT2D eigenvalue weighted by atomic mass is 16.1. The molecule has 1 aliphatic carbocycles. The van der Waals surface area contributed by atoms with E-state index in [4.69, 9.17) is 5.73 Å². The molecule has 0 amide bonds. The van der Waals surface area contributed by atoms with Crippen LogP contribution in [0.15, 0.2) is 10.9 Å². The predicted octanol–water partition coefficient (Wildman–Crippen LogP) is 1.57. The summed E-state index contributed by atoms with van der Waals surface area (Å²) in [6.07, 6.45) is 6.77. The first-order valence-electron chi connectivity index (χ1n) is 6.23. The maximum absolute atomic E-state index is 11.8. The van der Waals surface area contributed by atoms with Crippen LogP contribution in [0.2, 0.25) is 0 Å². The van der Waals surface area contributed by atoms with Crippen LogP contribution in [0.5, 0.6) is 0 Å². The number of hydrogen-bond acceptors (Lipinski definition) is 2. The Labute approximate surface area is 95.8 Å². The average molecular weight is 223 g/mol. The Hall–Kier alpha value is -1.03. The third-order valence-electron chi connectivity index (χ3n) is 3.28. The zero-order chi connectivity index (χ0) is 11.5. The lowest BCUT2D eigenvalue weighted by molar-refractivity contribution is 0.322. The van der Waals surface area contributed by atoms with Gasteiger partial charge in [-0.2, -0.15) is 0 Å². The molecule has 1 unspecified atom stereocenters. The monoisotopic (exact) mass is 223 g/mol. The second-order valence-electron chi connectivity index (χ2n) is 4.96. The average Bonchev–Trinajstić information content (AvgIpc) is 2.60. The van der Waals surface area contributed by atoms with Crippen LogP contribution in [0.4, 0.5) is 0 Å². The summed E-state index contributed by atoms with van der Waals surface area (Å²) in [6.45, 7) is 1.95. The summed E-state index contributed by atoms with van der Waals surface area (Å²) in [7, 11) is 0. The van der Waals surface area contributed by atoms with Gasteiger partial charge in [-0.05, 0) is 19.8 Å². The molecule has 1 aromatic rings. The van der Waals surface area contributed by atoms with Gasteiger partial charge in [0.2, 0.25) is 0 Å². The molecule has 1 aromatic heterocycles. The summed E-state index contributed by atoms with van der Waals surface area (Å²) in [4.78, 5) is 11.8. The largest absolute Gasteiger partial charge is 0.328 e. The van der Waals surface area contributed by atoms with E-state index in [0.29, 0.717) is 6.04 Å². The fourth-order valence-electron chi connectivity index (χ4n) is 2.52. The molecule has 1 saturated carbocycles. The molecule has 2 rings (SSSR count). The summed E-state index contributed by atoms with van der Waals surface area (Å²) >= 11 is 0. The molecule has 0 spiro atoms. The Kier molecular flexibility index (Phi) is 3.49. The van der Waals surface area contributed by atoms with E-state index in [-0.39, 0.29) is 11.6 Å². The molecule has 16 heavy (non-hydrogen) atoms. The summed E-state index contributed by atoms with van der Waals surface area (Å²) in [5.74, 6) is 0. The smallest absolute Gasteiger partial charge is 0.266 e. The zero-order valence-electron chi connectivity index (χ0n) is 9.91. The minimum Gasteiger partial charge on any atom is -0.328 e. The van der Waals surface area contributed by atoms with Crippen molar-refractivity contribution in [3.8, 4) is 0 Å². The quantitative estimate of drug-likeness (QED) is 0.817. The van der Waals surface area contributed by atoms with Gasteiger partial charge < -0.3 is 5.73 Å². The van der Waals surface area contributed by atoms with Gasteiger partial charge in [-0.15, -0.1) is 0 Å². The van der Waals surface area contributed by atoms with E-state index in [0.717, 1.165) is 25.0 Å². The van der Waals surface area contributed by atoms with Crippen molar-refractivity contribution in [1.29, 1.82) is 0 Å². The van der Waals surface area contributed by atoms with Crippen molar-refractivity contribution >= 4 is 0 Å². The van der Waals surface area contributed by atoms with Crippen molar-refractivity contribution in [2.24, 2.45) is 5.73 Å². The van der Waals surface area contributed by atoms with Crippen molar-refractivity contribution in [3.63, 3.8) is 0 Å². The van der Waals surface area contributed by atoms with Crippen molar-refractivity contribution in [3.05, 3.63) is 22.1 Å². The molecule has 0 saturated heterocycles. The second kappa shape index (κ2) is 4.87. The molecule has 0 bridgehead atoms. The minimum absolute atomic E-state index is 0.0952. The van der Waals surface area contributed by atoms with Crippen LogP contribution in [-0.2, 0) is 6.42 Å². The Morgan fingerprint density at radius 2 is 2.19 bits per heavy atom. The van der Waals surface area contributed by atoms with Gasteiger partial charge in [-0.1, -0.05) is 19.3 Å². The van der Waals surface area contributed by atoms with Gasteiger partial charge in [0.25, 0.3) is 5.56 Å². The van der Waals surface area contributed by atoms with Gasteiger partial charge in [0.1, 0.15) is 0 Å². The van der Waals surface area contributed by atoms with Crippen molar-refractivity contribution in [2.45, 2.75) is 57.5 Å². The van der Waals surface area contributed by atoms with Crippen LogP contribution in [0.25, 0.3) is 0 Å². The van der Waals surface area contributed by atoms with Gasteiger partial charge in [0.05, 0.1) is 6.04 Å². The summed E-state index contributed by atoms with van der Waals surface area (Å²) in [5.41, 5.74) is 6.79. The van der Waals surface area contributed by atoms with E-state index in [1.165, 1.54) is 19.3 Å². The summed E-state index contributed by atoms with van der Waals surface area (Å²) < 4.78 is 1.80. The molecule has 1 fully saturated rings. The Morgan fingerprint density at radius 1 is 1.50 bits per heavy atom. The number of aromatic nitrogens is 2. The molecule has 0 aliphatic heterocycles. The standard InChI is InChI=1S/C12H21N3O/c1-9(13)7-10-8-12(16)15(14-10)11-5-3-2-4-6-11/h8-9,11,14H,2-7,13H2,1H3. The molecule has 0 aromatic carbocycles. The topological polar surface area (TPSA) is 63.8 Å². The predicted molar refractivity (Wildman–Crippen MR) is 64.5 cm³/mol. The summed E-state index contributed by atoms with van der Waals surface area (Å²) in [6, 6.07) is 2.17. The third kappa shape index (κ3) is 2.55. The fourth-order valence-corrected chi connectivity index (χ4v) is 2.52. The zero-order valence-corrected chi connectivity index (χ0v) is 9.91. The highest BCUT2D eigenvalue weighted by molar-refractivity contribution is 5.02. The van der Waals surface area contributed by atoms with Gasteiger partial charge in [-0.25, -0.2) is 4.68 Å². The van der Waals surface area contributed by atoms with Crippen molar-refractivity contribution < 1.29 is 0 Å². The number of rotatable bonds is 3. The number of hydrogen-bond donors (Lipinski definition) is 2. The van der Waals surface area contributed by atoms with E-state index in [2.05, 4.69) is 5.10 Å². The number of aromatic amines is 1. The lowest BCUT2D eigenvalue weighted by Gasteiger charge is -2.22. The molecular weight excluding hydrogens is 202 g/mol. The first-order valence-corrected chi connectivity index (χ1v) is 6.23. The van der Waals surface area contributed by atoms with Crippen LogP contribution in [0, 0.1) is 0 Å². The SMILES string of the molecule is CC(N)Cc1cc(=O)n(C2CCCCC2)[nH]1. The van der Waals surface area contributed by atoms with Crippen molar-refractivity contribution in [2.75, 3.05) is 0 Å². The molecule has 90 valence electrons. The van der Waals surface area contributed by atoms with Crippen LogP contribution >= 0.6 is 0 Å². The molecule has 4 heteroatoms. The van der Waals surface area contributed by atoms with Gasteiger partial charge in [0.15, 0.2) is 0 Å². The lowest BCUT2D eigenvalue weighted by Crippen LogP contribution is -2.24. The highest BCUT2D eigenvalue weighted by Crippen LogP contribution is 2.26. The molecule has 1 aliphatic rings. The Bertz CT molecular complexity index is 385. The van der Waals surface area contributed by atoms with E-state index in [1.54, 1.807) is 10.7 Å². The van der Waals surface area contributed by atoms with Gasteiger partial charge in [-0.3, -0.25) is 9.89 Å². The third-order valence-corrected chi connectivity index (χ3v) is 3.28. The summed E-state index contributed by atoms with van der Waals surface area (Å²) in [5, 5.41) is 3.21. The maximum Gasteiger partial charge on any atom is 0.266 e. The van der Waals surface area contributed by atoms with Crippen LogP contribution in [-0.4, -0.2) is 15.8 Å². The van der Waals surface area contributed by atoms with Crippen LogP contribution < -0.4 is 11.3 Å². The molecule has 0 radical (unpaired) electrons. The molecule has 3 N–H and O–H groups in total. The van der Waals surface area contributed by atoms with Crippen molar-refractivity contribution in [1.82, 2.24) is 9.78 Å². The number of nitrogens with zero attached hydrogens (tertiary/aromatic N) is 1. The van der Waals surface area contributed by atoms with E-state index in [9.17, 15) is 4.79 Å². The van der Waals surface area contributed by atoms with Crippen LogP contribution in [0.3, 0.4) is 0 Å². The van der Waals surface area contributed by atoms with E-state index >= 15 is 0 Å². The first-order chi connectivity index (χ1) is 7.66. The minimum atomic E-state index is 0.0952. The second-order valence-corrected chi connectivity index (χ2v) is 4.96. The highest BCUT2D eigenvalue weighted by Gasteiger charge is 2.17. The molecule has 4 nitrogen and oxygen atoms in total. The molecular formula is C12H21N3O. The Morgan fingerprint density at radius 3 is 2.81 bits per heavy atom. The lowest BCUT2D eigenvalue weighted by atomic mass is 9.96. The number of nitrogens with one attached hydrogen (secondary N) is 1. The molecule has 1 heterocycles. The maximum atomic E-state index is 11.8. The Balaban J connectivity index is 2.14. The fraction of sp³-hybridized carbons (Fsp3) is 0.750.